The van der Waals surface area contributed by atoms with Crippen molar-refractivity contribution in [2.75, 3.05) is 11.5 Å². The van der Waals surface area contributed by atoms with Gasteiger partial charge >= 0.3 is 0 Å². The maximum absolute atomic E-state index is 11.6. The van der Waals surface area contributed by atoms with E-state index in [1.807, 2.05) is 37.3 Å². The molecule has 0 radical (unpaired) electrons. The molecule has 1 aromatic carbocycles. The highest BCUT2D eigenvalue weighted by Gasteiger charge is 2.47. The number of amides is 1. The summed E-state index contributed by atoms with van der Waals surface area (Å²) in [6.07, 6.45) is -0.327. The van der Waals surface area contributed by atoms with E-state index in [4.69, 9.17) is 16.3 Å². The van der Waals surface area contributed by atoms with E-state index in [1.165, 1.54) is 0 Å². The molecule has 0 aliphatic carbocycles. The largest absolute Gasteiger partial charge is 0.356 e. The van der Waals surface area contributed by atoms with Crippen LogP contribution in [0.25, 0.3) is 0 Å². The number of benzene rings is 1. The Hall–Kier alpha value is -1.06. The van der Waals surface area contributed by atoms with E-state index in [-0.39, 0.29) is 12.1 Å². The monoisotopic (exact) mass is 225 g/mol. The van der Waals surface area contributed by atoms with E-state index >= 15 is 0 Å². The van der Waals surface area contributed by atoms with Gasteiger partial charge in [0.15, 0.2) is 11.6 Å². The fourth-order valence-corrected chi connectivity index (χ4v) is 1.91. The molecule has 1 fully saturated rings. The molecule has 4 heteroatoms. The molecule has 1 amide bonds. The summed E-state index contributed by atoms with van der Waals surface area (Å²) < 4.78 is 5.40. The minimum Gasteiger partial charge on any atom is -0.356 e. The van der Waals surface area contributed by atoms with Gasteiger partial charge in [0.25, 0.3) is 5.91 Å². The molecule has 0 spiro atoms. The number of rotatable bonds is 3. The van der Waals surface area contributed by atoms with Crippen LogP contribution >= 0.6 is 11.6 Å². The highest BCUT2D eigenvalue weighted by atomic mass is 35.5. The minimum absolute atomic E-state index is 0.0960. The third-order valence-corrected chi connectivity index (χ3v) is 2.75. The molecule has 80 valence electrons. The fourth-order valence-electron chi connectivity index (χ4n) is 1.62. The van der Waals surface area contributed by atoms with E-state index in [2.05, 4.69) is 0 Å². The predicted molar refractivity (Wildman–Crippen MR) is 59.0 cm³/mol. The molecule has 1 saturated heterocycles. The molecule has 0 aromatic heterocycles. The van der Waals surface area contributed by atoms with Crippen molar-refractivity contribution < 1.29 is 9.53 Å². The lowest BCUT2D eigenvalue weighted by atomic mass is 10.1. The van der Waals surface area contributed by atoms with Crippen molar-refractivity contribution in [1.29, 1.82) is 0 Å². The summed E-state index contributed by atoms with van der Waals surface area (Å²) in [5.74, 6) is -0.0960. The third-order valence-electron chi connectivity index (χ3n) is 2.35. The predicted octanol–water partition coefficient (Wildman–Crippen LogP) is 2.00. The van der Waals surface area contributed by atoms with Crippen LogP contribution in [0.5, 0.6) is 0 Å². The standard InChI is InChI=1S/C11H12ClNO2/c1-2-15-11-9(12)10(14)13(11)8-6-4-3-5-7-8/h3-7,9,11H,2H2,1H3/t9-,11+/m0/s1. The number of β-lactam (4-membered cyclic amide) rings is 1. The van der Waals surface area contributed by atoms with Crippen LogP contribution in [0, 0.1) is 0 Å². The molecule has 2 atom stereocenters. The van der Waals surface area contributed by atoms with E-state index < -0.39 is 5.38 Å². The first-order valence-corrected chi connectivity index (χ1v) is 5.33. The van der Waals surface area contributed by atoms with Crippen molar-refractivity contribution in [3.8, 4) is 0 Å². The number of alkyl halides is 1. The van der Waals surface area contributed by atoms with Crippen LogP contribution in [0.4, 0.5) is 5.69 Å². The summed E-state index contributed by atoms with van der Waals surface area (Å²) in [7, 11) is 0. The third kappa shape index (κ3) is 1.73. The second kappa shape index (κ2) is 4.21. The number of nitrogens with zero attached hydrogens (tertiary/aromatic N) is 1. The maximum atomic E-state index is 11.6. The van der Waals surface area contributed by atoms with Gasteiger partial charge in [-0.25, -0.2) is 0 Å². The van der Waals surface area contributed by atoms with Gasteiger partial charge in [-0.05, 0) is 19.1 Å². The zero-order valence-electron chi connectivity index (χ0n) is 8.39. The summed E-state index contributed by atoms with van der Waals surface area (Å²) in [6, 6.07) is 9.40. The highest BCUT2D eigenvalue weighted by molar-refractivity contribution is 6.37. The number of carbonyl (C=O) groups excluding carboxylic acids is 1. The van der Waals surface area contributed by atoms with E-state index in [0.29, 0.717) is 6.61 Å². The molecule has 1 aliphatic rings. The topological polar surface area (TPSA) is 29.5 Å². The zero-order chi connectivity index (χ0) is 10.8. The van der Waals surface area contributed by atoms with Crippen molar-refractivity contribution in [1.82, 2.24) is 0 Å². The average Bonchev–Trinajstić information content (AvgIpc) is 2.29. The summed E-state index contributed by atoms with van der Waals surface area (Å²) in [5.41, 5.74) is 0.831. The van der Waals surface area contributed by atoms with Gasteiger partial charge in [-0.15, -0.1) is 11.6 Å². The van der Waals surface area contributed by atoms with Gasteiger partial charge in [0.2, 0.25) is 0 Å². The van der Waals surface area contributed by atoms with Crippen molar-refractivity contribution in [2.24, 2.45) is 0 Å². The second-order valence-electron chi connectivity index (χ2n) is 3.29. The molecule has 0 saturated carbocycles. The van der Waals surface area contributed by atoms with E-state index in [0.717, 1.165) is 5.69 Å². The minimum atomic E-state index is -0.551. The van der Waals surface area contributed by atoms with Crippen LogP contribution in [0.2, 0.25) is 0 Å². The number of halogens is 1. The number of hydrogen-bond acceptors (Lipinski definition) is 2. The molecular formula is C11H12ClNO2. The number of carbonyl (C=O) groups is 1. The number of ether oxygens (including phenoxy) is 1. The van der Waals surface area contributed by atoms with Crippen molar-refractivity contribution in [3.05, 3.63) is 30.3 Å². The Balaban J connectivity index is 2.18. The van der Waals surface area contributed by atoms with E-state index in [9.17, 15) is 4.79 Å². The summed E-state index contributed by atoms with van der Waals surface area (Å²) in [6.45, 7) is 2.43. The van der Waals surface area contributed by atoms with Crippen LogP contribution < -0.4 is 4.90 Å². The molecule has 0 N–H and O–H groups in total. The SMILES string of the molecule is CCO[C@@H]1[C@@H](Cl)C(=O)N1c1ccccc1. The van der Waals surface area contributed by atoms with Gasteiger partial charge in [0.1, 0.15) is 0 Å². The van der Waals surface area contributed by atoms with Gasteiger partial charge in [-0.3, -0.25) is 9.69 Å². The summed E-state index contributed by atoms with van der Waals surface area (Å²) in [4.78, 5) is 13.1. The van der Waals surface area contributed by atoms with Crippen LogP contribution in [-0.4, -0.2) is 24.1 Å². The Kier molecular flexibility index (Phi) is 2.93. The molecule has 1 aliphatic heterocycles. The fraction of sp³-hybridized carbons (Fsp3) is 0.364. The van der Waals surface area contributed by atoms with Crippen molar-refractivity contribution in [2.45, 2.75) is 18.5 Å². The Morgan fingerprint density at radius 1 is 1.40 bits per heavy atom. The molecule has 0 unspecified atom stereocenters. The Bertz CT molecular complexity index is 355. The van der Waals surface area contributed by atoms with Crippen LogP contribution in [-0.2, 0) is 9.53 Å². The molecule has 15 heavy (non-hydrogen) atoms. The van der Waals surface area contributed by atoms with Crippen molar-refractivity contribution >= 4 is 23.2 Å². The van der Waals surface area contributed by atoms with Crippen LogP contribution in [0.15, 0.2) is 30.3 Å². The quantitative estimate of drug-likeness (QED) is 0.582. The van der Waals surface area contributed by atoms with Crippen LogP contribution in [0.1, 0.15) is 6.92 Å². The van der Waals surface area contributed by atoms with Gasteiger partial charge < -0.3 is 4.74 Å². The first kappa shape index (κ1) is 10.5. The van der Waals surface area contributed by atoms with Crippen molar-refractivity contribution in [3.63, 3.8) is 0 Å². The van der Waals surface area contributed by atoms with Gasteiger partial charge in [0.05, 0.1) is 0 Å². The average molecular weight is 226 g/mol. The lowest BCUT2D eigenvalue weighted by molar-refractivity contribution is -0.132. The summed E-state index contributed by atoms with van der Waals surface area (Å²) >= 11 is 5.87. The Labute approximate surface area is 93.6 Å². The first-order chi connectivity index (χ1) is 7.25. The normalized spacial score (nSPS) is 25.2. The zero-order valence-corrected chi connectivity index (χ0v) is 9.15. The lowest BCUT2D eigenvalue weighted by Gasteiger charge is -2.43. The molecule has 3 nitrogen and oxygen atoms in total. The lowest BCUT2D eigenvalue weighted by Crippen LogP contribution is -2.63. The number of anilines is 1. The molecule has 1 heterocycles. The molecule has 0 bridgehead atoms. The second-order valence-corrected chi connectivity index (χ2v) is 3.76. The van der Waals surface area contributed by atoms with Crippen LogP contribution in [0.3, 0.4) is 0 Å². The molecular weight excluding hydrogens is 214 g/mol. The Morgan fingerprint density at radius 2 is 2.07 bits per heavy atom. The number of para-hydroxylation sites is 1. The molecule has 2 rings (SSSR count). The number of hydrogen-bond donors (Lipinski definition) is 0. The first-order valence-electron chi connectivity index (χ1n) is 4.89. The van der Waals surface area contributed by atoms with E-state index in [1.54, 1.807) is 4.90 Å². The highest BCUT2D eigenvalue weighted by Crippen LogP contribution is 2.31. The maximum Gasteiger partial charge on any atom is 0.251 e. The van der Waals surface area contributed by atoms with Gasteiger partial charge in [-0.1, -0.05) is 18.2 Å². The smallest absolute Gasteiger partial charge is 0.251 e. The summed E-state index contributed by atoms with van der Waals surface area (Å²) in [5, 5.41) is -0.551. The van der Waals surface area contributed by atoms with Gasteiger partial charge in [-0.2, -0.15) is 0 Å². The Morgan fingerprint density at radius 3 is 2.67 bits per heavy atom. The van der Waals surface area contributed by atoms with Gasteiger partial charge in [0, 0.05) is 12.3 Å². The molecule has 1 aromatic rings.